The lowest BCUT2D eigenvalue weighted by Gasteiger charge is -2.48. The van der Waals surface area contributed by atoms with Crippen molar-refractivity contribution < 1.29 is 33.1 Å². The maximum atomic E-state index is 14.3. The molecular weight excluding hydrogens is 519 g/mol. The van der Waals surface area contributed by atoms with Crippen LogP contribution in [0.25, 0.3) is 0 Å². The van der Waals surface area contributed by atoms with Gasteiger partial charge in [-0.1, -0.05) is 6.07 Å². The van der Waals surface area contributed by atoms with Gasteiger partial charge in [-0.25, -0.2) is 9.18 Å². The van der Waals surface area contributed by atoms with Crippen LogP contribution < -0.4 is 10.2 Å². The van der Waals surface area contributed by atoms with Crippen LogP contribution in [0, 0.1) is 5.82 Å². The molecule has 40 heavy (non-hydrogen) atoms. The number of hydrogen-bond acceptors (Lipinski definition) is 6. The molecule has 10 nitrogen and oxygen atoms in total. The van der Waals surface area contributed by atoms with Gasteiger partial charge in [0.25, 0.3) is 11.8 Å². The molecule has 4 aliphatic heterocycles. The van der Waals surface area contributed by atoms with Gasteiger partial charge in [-0.05, 0) is 68.7 Å². The van der Waals surface area contributed by atoms with Crippen LogP contribution in [0.3, 0.4) is 0 Å². The fourth-order valence-electron chi connectivity index (χ4n) is 6.10. The maximum absolute atomic E-state index is 14.3. The molecule has 0 saturated carbocycles. The van der Waals surface area contributed by atoms with Gasteiger partial charge >= 0.3 is 6.09 Å². The molecule has 0 aliphatic carbocycles. The Morgan fingerprint density at radius 3 is 2.50 bits per heavy atom. The van der Waals surface area contributed by atoms with Gasteiger partial charge in [-0.3, -0.25) is 24.5 Å². The molecule has 0 aromatic heterocycles. The Labute approximate surface area is 230 Å². The predicted molar refractivity (Wildman–Crippen MR) is 140 cm³/mol. The Morgan fingerprint density at radius 1 is 1.05 bits per heavy atom. The number of imide groups is 1. The van der Waals surface area contributed by atoms with Gasteiger partial charge in [-0.15, -0.1) is 0 Å². The third-order valence-electron chi connectivity index (χ3n) is 7.94. The highest BCUT2D eigenvalue weighted by Crippen LogP contribution is 2.47. The van der Waals surface area contributed by atoms with E-state index in [2.05, 4.69) is 5.32 Å². The second kappa shape index (κ2) is 8.87. The number of anilines is 1. The zero-order chi connectivity index (χ0) is 28.6. The second-order valence-electron chi connectivity index (χ2n) is 11.9. The molecule has 2 saturated heterocycles. The molecule has 2 aromatic rings. The summed E-state index contributed by atoms with van der Waals surface area (Å²) in [6, 6.07) is 8.38. The number of ether oxygens (including phenoxy) is 1. The molecule has 2 fully saturated rings. The predicted octanol–water partition coefficient (Wildman–Crippen LogP) is 2.74. The van der Waals surface area contributed by atoms with E-state index in [1.165, 1.54) is 21.9 Å². The average molecular weight is 549 g/mol. The van der Waals surface area contributed by atoms with E-state index in [0.29, 0.717) is 35.5 Å². The molecule has 208 valence electrons. The van der Waals surface area contributed by atoms with Crippen LogP contribution in [0.2, 0.25) is 0 Å². The SMILES string of the molecule is CC(C)(C)OC(=O)N1CC2(C1)CN(C(=O)c1ccc3c(c1)CN(C1CCC(=O)NC1=O)C3=O)c1cc(F)ccc12. The molecule has 1 N–H and O–H groups in total. The fraction of sp³-hybridized carbons (Fsp3) is 0.414. The first-order valence-electron chi connectivity index (χ1n) is 13.2. The molecule has 4 aliphatic rings. The van der Waals surface area contributed by atoms with E-state index < -0.39 is 34.9 Å². The number of piperidine rings is 1. The van der Waals surface area contributed by atoms with Gasteiger partial charge < -0.3 is 19.4 Å². The first-order valence-corrected chi connectivity index (χ1v) is 13.2. The Bertz CT molecular complexity index is 1490. The van der Waals surface area contributed by atoms with E-state index >= 15 is 0 Å². The number of likely N-dealkylation sites (tertiary alicyclic amines) is 1. The Morgan fingerprint density at radius 2 is 1.80 bits per heavy atom. The minimum absolute atomic E-state index is 0.140. The molecule has 4 heterocycles. The summed E-state index contributed by atoms with van der Waals surface area (Å²) in [6.07, 6.45) is -0.0390. The van der Waals surface area contributed by atoms with Crippen LogP contribution in [0.15, 0.2) is 36.4 Å². The Hall–Kier alpha value is -4.28. The summed E-state index contributed by atoms with van der Waals surface area (Å²) in [6.45, 7) is 6.46. The highest BCUT2D eigenvalue weighted by Gasteiger charge is 2.54. The van der Waals surface area contributed by atoms with Crippen LogP contribution in [0.4, 0.5) is 14.9 Å². The highest BCUT2D eigenvalue weighted by atomic mass is 19.1. The minimum Gasteiger partial charge on any atom is -0.444 e. The van der Waals surface area contributed by atoms with Gasteiger partial charge in [0, 0.05) is 43.7 Å². The summed E-state index contributed by atoms with van der Waals surface area (Å²) in [5.41, 5.74) is 1.41. The number of nitrogens with one attached hydrogen (secondary N) is 1. The third kappa shape index (κ3) is 4.20. The fourth-order valence-corrected chi connectivity index (χ4v) is 6.10. The van der Waals surface area contributed by atoms with Crippen LogP contribution in [0.5, 0.6) is 0 Å². The number of rotatable bonds is 2. The molecule has 0 bridgehead atoms. The van der Waals surface area contributed by atoms with Crippen molar-refractivity contribution in [3.05, 3.63) is 64.5 Å². The summed E-state index contributed by atoms with van der Waals surface area (Å²) in [5, 5.41) is 2.28. The average Bonchev–Trinajstić information content (AvgIpc) is 3.36. The molecule has 5 amide bonds. The first kappa shape index (κ1) is 26.0. The Kier molecular flexibility index (Phi) is 5.76. The van der Waals surface area contributed by atoms with Crippen molar-refractivity contribution in [2.75, 3.05) is 24.5 Å². The number of halogens is 1. The van der Waals surface area contributed by atoms with E-state index in [0.717, 1.165) is 5.56 Å². The van der Waals surface area contributed by atoms with Crippen molar-refractivity contribution in [2.45, 2.75) is 57.2 Å². The van der Waals surface area contributed by atoms with Crippen molar-refractivity contribution in [2.24, 2.45) is 0 Å². The smallest absolute Gasteiger partial charge is 0.410 e. The molecular formula is C29H29FN4O6. The topological polar surface area (TPSA) is 116 Å². The molecule has 1 atom stereocenters. The molecule has 11 heteroatoms. The molecule has 6 rings (SSSR count). The van der Waals surface area contributed by atoms with Gasteiger partial charge in [0.05, 0.1) is 11.1 Å². The minimum atomic E-state index is -0.753. The quantitative estimate of drug-likeness (QED) is 0.577. The van der Waals surface area contributed by atoms with Gasteiger partial charge in [0.1, 0.15) is 17.5 Å². The van der Waals surface area contributed by atoms with Gasteiger partial charge in [-0.2, -0.15) is 0 Å². The molecule has 1 unspecified atom stereocenters. The first-order chi connectivity index (χ1) is 18.8. The van der Waals surface area contributed by atoms with Gasteiger partial charge in [0.2, 0.25) is 11.8 Å². The van der Waals surface area contributed by atoms with E-state index in [9.17, 15) is 28.4 Å². The summed E-state index contributed by atoms with van der Waals surface area (Å²) in [5.74, 6) is -2.02. The van der Waals surface area contributed by atoms with Crippen molar-refractivity contribution in [1.29, 1.82) is 0 Å². The maximum Gasteiger partial charge on any atom is 0.410 e. The lowest BCUT2D eigenvalue weighted by molar-refractivity contribution is -0.136. The number of carbonyl (C=O) groups is 5. The monoisotopic (exact) mass is 548 g/mol. The van der Waals surface area contributed by atoms with Crippen molar-refractivity contribution in [3.63, 3.8) is 0 Å². The molecule has 1 spiro atoms. The largest absolute Gasteiger partial charge is 0.444 e. The molecule has 2 aromatic carbocycles. The summed E-state index contributed by atoms with van der Waals surface area (Å²) >= 11 is 0. The second-order valence-corrected chi connectivity index (χ2v) is 11.9. The third-order valence-corrected chi connectivity index (χ3v) is 7.94. The van der Waals surface area contributed by atoms with Crippen LogP contribution in [-0.4, -0.2) is 70.8 Å². The summed E-state index contributed by atoms with van der Waals surface area (Å²) < 4.78 is 19.8. The lowest BCUT2D eigenvalue weighted by Crippen LogP contribution is -2.63. The van der Waals surface area contributed by atoms with Crippen LogP contribution >= 0.6 is 0 Å². The van der Waals surface area contributed by atoms with Crippen molar-refractivity contribution in [1.82, 2.24) is 15.1 Å². The van der Waals surface area contributed by atoms with Crippen molar-refractivity contribution >= 4 is 35.4 Å². The number of carbonyl (C=O) groups excluding carboxylic acids is 5. The zero-order valence-electron chi connectivity index (χ0n) is 22.5. The lowest BCUT2D eigenvalue weighted by atomic mass is 9.75. The number of amides is 5. The standard InChI is InChI=1S/C29H29FN4O6/c1-28(2,3)40-27(39)32-13-29(14-32)15-34(22-11-18(30)5-7-20(22)29)25(37)16-4-6-19-17(10-16)12-33(26(19)38)21-8-9-23(35)31-24(21)36/h4-7,10-11,21H,8-9,12-15H2,1-3H3,(H,31,35,36). The zero-order valence-corrected chi connectivity index (χ0v) is 22.5. The van der Waals surface area contributed by atoms with E-state index in [4.69, 9.17) is 4.74 Å². The van der Waals surface area contributed by atoms with Gasteiger partial charge in [0.15, 0.2) is 0 Å². The van der Waals surface area contributed by atoms with Crippen molar-refractivity contribution in [3.8, 4) is 0 Å². The highest BCUT2D eigenvalue weighted by molar-refractivity contribution is 6.10. The van der Waals surface area contributed by atoms with Crippen LogP contribution in [0.1, 0.15) is 65.5 Å². The number of fused-ring (bicyclic) bond motifs is 3. The normalized spacial score (nSPS) is 21.2. The number of benzene rings is 2. The van der Waals surface area contributed by atoms with E-state index in [-0.39, 0.29) is 43.7 Å². The molecule has 0 radical (unpaired) electrons. The Balaban J connectivity index is 1.23. The van der Waals surface area contributed by atoms with E-state index in [1.54, 1.807) is 49.9 Å². The summed E-state index contributed by atoms with van der Waals surface area (Å²) in [4.78, 5) is 67.9. The van der Waals surface area contributed by atoms with E-state index in [1.807, 2.05) is 0 Å². The summed E-state index contributed by atoms with van der Waals surface area (Å²) in [7, 11) is 0. The van der Waals surface area contributed by atoms with Crippen LogP contribution in [-0.2, 0) is 26.3 Å². The number of hydrogen-bond donors (Lipinski definition) is 1. The number of nitrogens with zero attached hydrogens (tertiary/aromatic N) is 3.